The third-order valence-corrected chi connectivity index (χ3v) is 6.25. The molecular formula is C23H33N5O2. The van der Waals surface area contributed by atoms with Gasteiger partial charge in [0.1, 0.15) is 5.75 Å². The van der Waals surface area contributed by atoms with Gasteiger partial charge < -0.3 is 9.64 Å². The minimum absolute atomic E-state index is 0.175. The van der Waals surface area contributed by atoms with E-state index in [1.807, 2.05) is 17.0 Å². The van der Waals surface area contributed by atoms with E-state index in [0.29, 0.717) is 19.1 Å². The van der Waals surface area contributed by atoms with E-state index in [1.165, 1.54) is 37.7 Å². The number of ether oxygens (including phenoxy) is 1. The second kappa shape index (κ2) is 9.58. The number of unbranched alkanes of at least 4 members (excludes halogenated alkanes) is 1. The van der Waals surface area contributed by atoms with Gasteiger partial charge in [-0.3, -0.25) is 4.79 Å². The molecule has 1 fully saturated rings. The van der Waals surface area contributed by atoms with Crippen molar-refractivity contribution in [2.75, 3.05) is 11.5 Å². The molecule has 4 rings (SSSR count). The van der Waals surface area contributed by atoms with Crippen LogP contribution < -0.4 is 9.64 Å². The van der Waals surface area contributed by atoms with Crippen LogP contribution in [0.4, 0.5) is 5.69 Å². The van der Waals surface area contributed by atoms with Crippen molar-refractivity contribution in [3.05, 3.63) is 29.6 Å². The van der Waals surface area contributed by atoms with Crippen LogP contribution in [0, 0.1) is 0 Å². The molecule has 1 aliphatic heterocycles. The Morgan fingerprint density at radius 2 is 1.97 bits per heavy atom. The second-order valence-corrected chi connectivity index (χ2v) is 8.79. The van der Waals surface area contributed by atoms with Crippen molar-refractivity contribution < 1.29 is 9.53 Å². The molecule has 0 N–H and O–H groups in total. The molecular weight excluding hydrogens is 378 g/mol. The summed E-state index contributed by atoms with van der Waals surface area (Å²) >= 11 is 0. The molecule has 0 saturated heterocycles. The first kappa shape index (κ1) is 20.8. The van der Waals surface area contributed by atoms with Crippen molar-refractivity contribution in [1.82, 2.24) is 20.2 Å². The number of carbonyl (C=O) groups excluding carboxylic acids is 1. The fraction of sp³-hybridized carbons (Fsp3) is 0.652. The lowest BCUT2D eigenvalue weighted by Gasteiger charge is -2.32. The number of hydrogen-bond donors (Lipinski definition) is 0. The van der Waals surface area contributed by atoms with Gasteiger partial charge in [-0.25, -0.2) is 4.68 Å². The first-order valence-electron chi connectivity index (χ1n) is 11.5. The summed E-state index contributed by atoms with van der Waals surface area (Å²) in [4.78, 5) is 14.1. The van der Waals surface area contributed by atoms with E-state index in [0.717, 1.165) is 42.9 Å². The van der Waals surface area contributed by atoms with Crippen LogP contribution in [0.2, 0.25) is 0 Å². The molecule has 2 heterocycles. The van der Waals surface area contributed by atoms with Crippen molar-refractivity contribution >= 4 is 11.6 Å². The van der Waals surface area contributed by atoms with E-state index >= 15 is 0 Å². The highest BCUT2D eigenvalue weighted by Crippen LogP contribution is 2.32. The van der Waals surface area contributed by atoms with E-state index in [1.54, 1.807) is 0 Å². The minimum atomic E-state index is 0.175. The van der Waals surface area contributed by atoms with E-state index < -0.39 is 0 Å². The number of hydrogen-bond acceptors (Lipinski definition) is 5. The number of nitrogens with zero attached hydrogens (tertiary/aromatic N) is 5. The van der Waals surface area contributed by atoms with Crippen molar-refractivity contribution in [2.45, 2.75) is 90.1 Å². The summed E-state index contributed by atoms with van der Waals surface area (Å²) in [5, 5.41) is 12.4. The predicted molar refractivity (Wildman–Crippen MR) is 116 cm³/mol. The number of rotatable bonds is 8. The van der Waals surface area contributed by atoms with Gasteiger partial charge in [0.2, 0.25) is 5.91 Å². The van der Waals surface area contributed by atoms with Crippen LogP contribution in [-0.4, -0.2) is 38.8 Å². The summed E-state index contributed by atoms with van der Waals surface area (Å²) in [6.07, 6.45) is 10.5. The average Bonchev–Trinajstić information content (AvgIpc) is 3.22. The minimum Gasteiger partial charge on any atom is -0.494 e. The highest BCUT2D eigenvalue weighted by Gasteiger charge is 2.26. The summed E-state index contributed by atoms with van der Waals surface area (Å²) in [6.45, 7) is 4.79. The molecule has 7 heteroatoms. The molecule has 0 radical (unpaired) electrons. The lowest BCUT2D eigenvalue weighted by atomic mass is 9.95. The Kier molecular flexibility index (Phi) is 6.65. The van der Waals surface area contributed by atoms with Gasteiger partial charge in [0, 0.05) is 24.6 Å². The molecule has 0 spiro atoms. The molecule has 30 heavy (non-hydrogen) atoms. The fourth-order valence-corrected chi connectivity index (χ4v) is 4.71. The van der Waals surface area contributed by atoms with Gasteiger partial charge in [-0.05, 0) is 80.1 Å². The highest BCUT2D eigenvalue weighted by atomic mass is 16.5. The Morgan fingerprint density at radius 3 is 2.77 bits per heavy atom. The monoisotopic (exact) mass is 411 g/mol. The Morgan fingerprint density at radius 1 is 1.13 bits per heavy atom. The summed E-state index contributed by atoms with van der Waals surface area (Å²) < 4.78 is 8.06. The zero-order chi connectivity index (χ0) is 20.9. The van der Waals surface area contributed by atoms with Gasteiger partial charge in [-0.2, -0.15) is 0 Å². The topological polar surface area (TPSA) is 73.1 Å². The van der Waals surface area contributed by atoms with Gasteiger partial charge in [0.15, 0.2) is 5.82 Å². The van der Waals surface area contributed by atoms with E-state index in [9.17, 15) is 4.79 Å². The number of amides is 1. The highest BCUT2D eigenvalue weighted by molar-refractivity contribution is 5.97. The molecule has 7 nitrogen and oxygen atoms in total. The lowest BCUT2D eigenvalue weighted by molar-refractivity contribution is -0.119. The molecule has 162 valence electrons. The van der Waals surface area contributed by atoms with Gasteiger partial charge >= 0.3 is 0 Å². The van der Waals surface area contributed by atoms with E-state index in [2.05, 4.69) is 40.1 Å². The first-order valence-corrected chi connectivity index (χ1v) is 11.5. The smallest absolute Gasteiger partial charge is 0.227 e. The van der Waals surface area contributed by atoms with E-state index in [-0.39, 0.29) is 11.9 Å². The van der Waals surface area contributed by atoms with Crippen LogP contribution in [0.3, 0.4) is 0 Å². The van der Waals surface area contributed by atoms with Crippen LogP contribution in [0.5, 0.6) is 5.75 Å². The average molecular weight is 412 g/mol. The number of fused-ring (bicyclic) bond motifs is 1. The van der Waals surface area contributed by atoms with Crippen LogP contribution >= 0.6 is 0 Å². The third kappa shape index (κ3) is 4.65. The molecule has 2 aliphatic rings. The van der Waals surface area contributed by atoms with Crippen LogP contribution in [0.25, 0.3) is 0 Å². The van der Waals surface area contributed by atoms with Crippen molar-refractivity contribution in [2.24, 2.45) is 0 Å². The van der Waals surface area contributed by atoms with Crippen LogP contribution in [0.15, 0.2) is 18.2 Å². The molecule has 1 amide bonds. The van der Waals surface area contributed by atoms with Crippen LogP contribution in [0.1, 0.15) is 82.6 Å². The fourth-order valence-electron chi connectivity index (χ4n) is 4.71. The number of aryl methyl sites for hydroxylation is 2. The zero-order valence-corrected chi connectivity index (χ0v) is 18.2. The van der Waals surface area contributed by atoms with Gasteiger partial charge in [0.05, 0.1) is 12.6 Å². The number of benzene rings is 1. The number of anilines is 1. The Labute approximate surface area is 178 Å². The SMILES string of the molecule is CC(C)N1C(=O)CCc2cc(OCCCCc3nnnn3C3CCCCC3)ccc21. The van der Waals surface area contributed by atoms with Crippen molar-refractivity contribution in [1.29, 1.82) is 0 Å². The Balaban J connectivity index is 1.26. The van der Waals surface area contributed by atoms with Crippen LogP contribution in [-0.2, 0) is 17.6 Å². The molecule has 2 aromatic rings. The molecule has 1 aromatic heterocycles. The molecule has 1 saturated carbocycles. The number of carbonyl (C=O) groups is 1. The van der Waals surface area contributed by atoms with Gasteiger partial charge in [-0.1, -0.05) is 19.3 Å². The molecule has 0 unspecified atom stereocenters. The quantitative estimate of drug-likeness (QED) is 0.607. The largest absolute Gasteiger partial charge is 0.494 e. The summed E-state index contributed by atoms with van der Waals surface area (Å²) in [6, 6.07) is 6.76. The summed E-state index contributed by atoms with van der Waals surface area (Å²) in [5.74, 6) is 2.11. The third-order valence-electron chi connectivity index (χ3n) is 6.25. The maximum Gasteiger partial charge on any atom is 0.227 e. The molecule has 1 aromatic carbocycles. The lowest BCUT2D eigenvalue weighted by Crippen LogP contribution is -2.40. The standard InChI is InChI=1S/C23H33N5O2/c1-17(2)27-21-13-12-20(16-18(21)11-14-23(27)29)30-15-7-6-10-22-24-25-26-28(22)19-8-4-3-5-9-19/h12-13,16-17,19H,3-11,14-15H2,1-2H3. The number of tetrazole rings is 1. The predicted octanol–water partition coefficient (Wildman–Crippen LogP) is 4.27. The number of aromatic nitrogens is 4. The summed E-state index contributed by atoms with van der Waals surface area (Å²) in [5.41, 5.74) is 2.23. The molecule has 0 bridgehead atoms. The normalized spacial score (nSPS) is 17.4. The zero-order valence-electron chi connectivity index (χ0n) is 18.2. The first-order chi connectivity index (χ1) is 14.6. The van der Waals surface area contributed by atoms with Crippen molar-refractivity contribution in [3.63, 3.8) is 0 Å². The Hall–Kier alpha value is -2.44. The molecule has 1 aliphatic carbocycles. The summed E-state index contributed by atoms with van der Waals surface area (Å²) in [7, 11) is 0. The molecule has 0 atom stereocenters. The van der Waals surface area contributed by atoms with Gasteiger partial charge in [-0.15, -0.1) is 5.10 Å². The second-order valence-electron chi connectivity index (χ2n) is 8.79. The van der Waals surface area contributed by atoms with Gasteiger partial charge in [0.25, 0.3) is 0 Å². The van der Waals surface area contributed by atoms with Crippen molar-refractivity contribution in [3.8, 4) is 5.75 Å². The maximum atomic E-state index is 12.2. The maximum absolute atomic E-state index is 12.2. The Bertz CT molecular complexity index is 857. The van der Waals surface area contributed by atoms with E-state index in [4.69, 9.17) is 4.74 Å².